The minimum Gasteiger partial charge on any atom is -0.360 e. The standard InChI is InChI=1S/C8H13N3S2/c1-3-12-4-2-7(1)5-9-8-10-6-11-13-8/h6-7H,1-5H2,(H,9,10,11). The maximum absolute atomic E-state index is 4.09. The first-order chi connectivity index (χ1) is 6.45. The van der Waals surface area contributed by atoms with Crippen molar-refractivity contribution in [1.29, 1.82) is 0 Å². The SMILES string of the molecule is c1nsc(NCC2CCSCC2)n1. The fraction of sp³-hybridized carbons (Fsp3) is 0.750. The summed E-state index contributed by atoms with van der Waals surface area (Å²) in [5.41, 5.74) is 0. The number of nitrogens with zero attached hydrogens (tertiary/aromatic N) is 2. The third-order valence-electron chi connectivity index (χ3n) is 2.24. The largest absolute Gasteiger partial charge is 0.360 e. The van der Waals surface area contributed by atoms with Crippen LogP contribution in [-0.2, 0) is 0 Å². The molecule has 5 heteroatoms. The minimum atomic E-state index is 0.838. The fourth-order valence-corrected chi connectivity index (χ4v) is 3.07. The van der Waals surface area contributed by atoms with Crippen molar-refractivity contribution in [3.8, 4) is 0 Å². The first-order valence-corrected chi connectivity index (χ1v) is 6.46. The van der Waals surface area contributed by atoms with Gasteiger partial charge in [-0.1, -0.05) is 0 Å². The number of hydrogen-bond acceptors (Lipinski definition) is 5. The summed E-state index contributed by atoms with van der Waals surface area (Å²) >= 11 is 3.50. The van der Waals surface area contributed by atoms with Crippen LogP contribution in [0, 0.1) is 5.92 Å². The van der Waals surface area contributed by atoms with Crippen LogP contribution in [-0.4, -0.2) is 27.4 Å². The topological polar surface area (TPSA) is 37.8 Å². The Labute approximate surface area is 86.5 Å². The summed E-state index contributed by atoms with van der Waals surface area (Å²) in [5, 5.41) is 4.29. The van der Waals surface area contributed by atoms with Gasteiger partial charge in [-0.15, -0.1) is 0 Å². The first kappa shape index (κ1) is 9.27. The van der Waals surface area contributed by atoms with Gasteiger partial charge in [0.05, 0.1) is 0 Å². The second-order valence-electron chi connectivity index (χ2n) is 3.18. The summed E-state index contributed by atoms with van der Waals surface area (Å²) in [6.07, 6.45) is 4.29. The summed E-state index contributed by atoms with van der Waals surface area (Å²) in [6.45, 7) is 1.07. The molecule has 0 saturated carbocycles. The molecule has 0 atom stereocenters. The highest BCUT2D eigenvalue weighted by Crippen LogP contribution is 2.23. The van der Waals surface area contributed by atoms with E-state index in [0.29, 0.717) is 0 Å². The van der Waals surface area contributed by atoms with Crippen LogP contribution in [0.3, 0.4) is 0 Å². The van der Waals surface area contributed by atoms with Crippen LogP contribution in [0.1, 0.15) is 12.8 Å². The molecule has 3 nitrogen and oxygen atoms in total. The van der Waals surface area contributed by atoms with Crippen molar-refractivity contribution in [2.75, 3.05) is 23.4 Å². The van der Waals surface area contributed by atoms with E-state index in [0.717, 1.165) is 17.6 Å². The van der Waals surface area contributed by atoms with E-state index in [9.17, 15) is 0 Å². The lowest BCUT2D eigenvalue weighted by atomic mass is 10.0. The van der Waals surface area contributed by atoms with Gasteiger partial charge in [0.25, 0.3) is 0 Å². The third-order valence-corrected chi connectivity index (χ3v) is 3.92. The Morgan fingerprint density at radius 1 is 1.46 bits per heavy atom. The molecule has 1 saturated heterocycles. The molecule has 1 aliphatic rings. The quantitative estimate of drug-likeness (QED) is 0.838. The van der Waals surface area contributed by atoms with Crippen LogP contribution in [0.15, 0.2) is 6.33 Å². The van der Waals surface area contributed by atoms with Gasteiger partial charge in [0.1, 0.15) is 6.33 Å². The molecule has 2 rings (SSSR count). The van der Waals surface area contributed by atoms with Crippen LogP contribution < -0.4 is 5.32 Å². The predicted octanol–water partition coefficient (Wildman–Crippen LogP) is 2.09. The Morgan fingerprint density at radius 3 is 3.00 bits per heavy atom. The summed E-state index contributed by atoms with van der Waals surface area (Å²) in [7, 11) is 0. The first-order valence-electron chi connectivity index (χ1n) is 4.53. The van der Waals surface area contributed by atoms with Crippen LogP contribution >= 0.6 is 23.3 Å². The highest BCUT2D eigenvalue weighted by atomic mass is 32.2. The van der Waals surface area contributed by atoms with Gasteiger partial charge in [0.15, 0.2) is 0 Å². The zero-order valence-corrected chi connectivity index (χ0v) is 9.03. The Kier molecular flexibility index (Phi) is 3.43. The van der Waals surface area contributed by atoms with Gasteiger partial charge in [0, 0.05) is 18.1 Å². The Hall–Kier alpha value is -0.290. The van der Waals surface area contributed by atoms with Gasteiger partial charge >= 0.3 is 0 Å². The van der Waals surface area contributed by atoms with Crippen LogP contribution in [0.2, 0.25) is 0 Å². The Morgan fingerprint density at radius 2 is 2.31 bits per heavy atom. The maximum Gasteiger partial charge on any atom is 0.202 e. The molecule has 1 N–H and O–H groups in total. The zero-order chi connectivity index (χ0) is 8.93. The van der Waals surface area contributed by atoms with E-state index in [1.54, 1.807) is 6.33 Å². The molecule has 1 fully saturated rings. The highest BCUT2D eigenvalue weighted by Gasteiger charge is 2.13. The van der Waals surface area contributed by atoms with E-state index in [1.807, 2.05) is 0 Å². The molecule has 0 amide bonds. The Bertz CT molecular complexity index is 232. The Balaban J connectivity index is 1.72. The van der Waals surface area contributed by atoms with Crippen molar-refractivity contribution in [2.45, 2.75) is 12.8 Å². The average Bonchev–Trinajstić information content (AvgIpc) is 2.69. The van der Waals surface area contributed by atoms with Crippen LogP contribution in [0.4, 0.5) is 5.13 Å². The minimum absolute atomic E-state index is 0.838. The molecule has 13 heavy (non-hydrogen) atoms. The van der Waals surface area contributed by atoms with Gasteiger partial charge < -0.3 is 5.32 Å². The molecule has 0 spiro atoms. The van der Waals surface area contributed by atoms with Gasteiger partial charge in [-0.05, 0) is 30.3 Å². The predicted molar refractivity (Wildman–Crippen MR) is 58.4 cm³/mol. The average molecular weight is 215 g/mol. The van der Waals surface area contributed by atoms with Crippen molar-refractivity contribution in [3.63, 3.8) is 0 Å². The van der Waals surface area contributed by atoms with Gasteiger partial charge in [0.2, 0.25) is 5.13 Å². The number of anilines is 1. The van der Waals surface area contributed by atoms with Crippen LogP contribution in [0.5, 0.6) is 0 Å². The fourth-order valence-electron chi connectivity index (χ4n) is 1.43. The van der Waals surface area contributed by atoms with Crippen molar-refractivity contribution in [3.05, 3.63) is 6.33 Å². The normalized spacial score (nSPS) is 18.8. The van der Waals surface area contributed by atoms with E-state index in [-0.39, 0.29) is 0 Å². The molecule has 1 aliphatic heterocycles. The zero-order valence-electron chi connectivity index (χ0n) is 7.40. The molecule has 0 unspecified atom stereocenters. The van der Waals surface area contributed by atoms with E-state index in [2.05, 4.69) is 26.4 Å². The molecule has 0 radical (unpaired) electrons. The number of aromatic nitrogens is 2. The molecule has 0 aliphatic carbocycles. The number of nitrogens with one attached hydrogen (secondary N) is 1. The van der Waals surface area contributed by atoms with E-state index < -0.39 is 0 Å². The molecular formula is C8H13N3S2. The molecule has 0 bridgehead atoms. The van der Waals surface area contributed by atoms with Crippen LogP contribution in [0.25, 0.3) is 0 Å². The number of rotatable bonds is 3. The van der Waals surface area contributed by atoms with E-state index in [1.165, 1.54) is 35.9 Å². The lowest BCUT2D eigenvalue weighted by Crippen LogP contribution is -2.18. The molecule has 2 heterocycles. The molecule has 72 valence electrons. The van der Waals surface area contributed by atoms with Gasteiger partial charge in [-0.3, -0.25) is 0 Å². The second-order valence-corrected chi connectivity index (χ2v) is 5.19. The van der Waals surface area contributed by atoms with E-state index in [4.69, 9.17) is 0 Å². The lowest BCUT2D eigenvalue weighted by molar-refractivity contribution is 0.516. The lowest BCUT2D eigenvalue weighted by Gasteiger charge is -2.20. The molecule has 0 aromatic carbocycles. The van der Waals surface area contributed by atoms with Crippen molar-refractivity contribution < 1.29 is 0 Å². The van der Waals surface area contributed by atoms with Crippen molar-refractivity contribution >= 4 is 28.4 Å². The summed E-state index contributed by atoms with van der Waals surface area (Å²) in [4.78, 5) is 4.09. The third kappa shape index (κ3) is 2.84. The smallest absolute Gasteiger partial charge is 0.202 e. The van der Waals surface area contributed by atoms with Crippen molar-refractivity contribution in [1.82, 2.24) is 9.36 Å². The summed E-state index contributed by atoms with van der Waals surface area (Å²) in [5.74, 6) is 3.48. The highest BCUT2D eigenvalue weighted by molar-refractivity contribution is 7.99. The number of thioether (sulfide) groups is 1. The van der Waals surface area contributed by atoms with E-state index >= 15 is 0 Å². The summed E-state index contributed by atoms with van der Waals surface area (Å²) in [6, 6.07) is 0. The maximum atomic E-state index is 4.09. The van der Waals surface area contributed by atoms with Gasteiger partial charge in [-0.25, -0.2) is 4.98 Å². The van der Waals surface area contributed by atoms with Crippen molar-refractivity contribution in [2.24, 2.45) is 5.92 Å². The van der Waals surface area contributed by atoms with Gasteiger partial charge in [-0.2, -0.15) is 16.1 Å². The number of hydrogen-bond donors (Lipinski definition) is 1. The second kappa shape index (κ2) is 4.81. The molecule has 1 aromatic heterocycles. The summed E-state index contributed by atoms with van der Waals surface area (Å²) < 4.78 is 3.95. The molecule has 1 aromatic rings. The monoisotopic (exact) mass is 215 g/mol. The molecular weight excluding hydrogens is 202 g/mol.